The highest BCUT2D eigenvalue weighted by atomic mass is 35.5. The molecule has 0 spiro atoms. The van der Waals surface area contributed by atoms with Crippen LogP contribution >= 0.6 is 34.7 Å². The van der Waals surface area contributed by atoms with Crippen molar-refractivity contribution in [3.05, 3.63) is 59.1 Å². The Bertz CT molecular complexity index is 967. The van der Waals surface area contributed by atoms with Gasteiger partial charge in [-0.25, -0.2) is 0 Å². The maximum absolute atomic E-state index is 13.1. The fourth-order valence-corrected chi connectivity index (χ4v) is 3.88. The monoisotopic (exact) mass is 444 g/mol. The van der Waals surface area contributed by atoms with Crippen LogP contribution < -0.4 is 10.6 Å². The van der Waals surface area contributed by atoms with Crippen molar-refractivity contribution in [2.24, 2.45) is 0 Å². The van der Waals surface area contributed by atoms with Gasteiger partial charge in [-0.3, -0.25) is 4.79 Å². The zero-order chi connectivity index (χ0) is 20.1. The lowest BCUT2D eigenvalue weighted by Crippen LogP contribution is -2.18. The second kappa shape index (κ2) is 8.80. The third-order valence-electron chi connectivity index (χ3n) is 3.32. The molecule has 0 aliphatic rings. The molecule has 1 aromatic heterocycles. The third-order valence-corrected chi connectivity index (χ3v) is 5.53. The second-order valence-electron chi connectivity index (χ2n) is 5.39. The first-order valence-corrected chi connectivity index (χ1v) is 9.94. The van der Waals surface area contributed by atoms with E-state index in [9.17, 15) is 18.0 Å². The van der Waals surface area contributed by atoms with Crippen LogP contribution in [0.2, 0.25) is 5.02 Å². The van der Waals surface area contributed by atoms with Crippen LogP contribution in [0, 0.1) is 0 Å². The zero-order valence-electron chi connectivity index (χ0n) is 14.0. The van der Waals surface area contributed by atoms with Crippen molar-refractivity contribution in [2.45, 2.75) is 10.5 Å². The number of halogens is 4. The van der Waals surface area contributed by atoms with Crippen molar-refractivity contribution in [3.63, 3.8) is 0 Å². The molecule has 0 bridgehead atoms. The van der Waals surface area contributed by atoms with Crippen molar-refractivity contribution >= 4 is 57.1 Å². The lowest BCUT2D eigenvalue weighted by Gasteiger charge is -2.13. The molecule has 0 saturated heterocycles. The van der Waals surface area contributed by atoms with E-state index in [1.165, 1.54) is 17.4 Å². The highest BCUT2D eigenvalue weighted by molar-refractivity contribution is 8.01. The average Bonchev–Trinajstić information content (AvgIpc) is 3.09. The fourth-order valence-electron chi connectivity index (χ4n) is 2.14. The summed E-state index contributed by atoms with van der Waals surface area (Å²) in [6.45, 7) is 0. The normalized spacial score (nSPS) is 11.3. The van der Waals surface area contributed by atoms with E-state index in [0.29, 0.717) is 9.47 Å². The van der Waals surface area contributed by atoms with Crippen molar-refractivity contribution in [1.82, 2.24) is 10.2 Å². The number of anilines is 3. The largest absolute Gasteiger partial charge is 0.418 e. The van der Waals surface area contributed by atoms with Crippen LogP contribution in [0.1, 0.15) is 5.56 Å². The molecule has 146 valence electrons. The van der Waals surface area contributed by atoms with Gasteiger partial charge in [-0.1, -0.05) is 52.9 Å². The van der Waals surface area contributed by atoms with Gasteiger partial charge in [0.2, 0.25) is 11.0 Å². The van der Waals surface area contributed by atoms with Crippen LogP contribution in [0.5, 0.6) is 0 Å². The van der Waals surface area contributed by atoms with E-state index in [0.717, 1.165) is 29.6 Å². The molecule has 0 unspecified atom stereocenters. The smallest absolute Gasteiger partial charge is 0.330 e. The summed E-state index contributed by atoms with van der Waals surface area (Å²) in [6, 6.07) is 12.5. The summed E-state index contributed by atoms with van der Waals surface area (Å²) in [6.07, 6.45) is -4.63. The maximum atomic E-state index is 13.1. The Labute approximate surface area is 171 Å². The van der Waals surface area contributed by atoms with Crippen LogP contribution in [-0.2, 0) is 11.0 Å². The number of rotatable bonds is 6. The molecule has 1 amide bonds. The number of para-hydroxylation sites is 1. The average molecular weight is 445 g/mol. The minimum atomic E-state index is -4.63. The molecule has 0 radical (unpaired) electrons. The minimum Gasteiger partial charge on any atom is -0.330 e. The van der Waals surface area contributed by atoms with Crippen molar-refractivity contribution in [2.75, 3.05) is 16.4 Å². The Morgan fingerprint density at radius 1 is 1.14 bits per heavy atom. The molecule has 5 nitrogen and oxygen atoms in total. The van der Waals surface area contributed by atoms with Gasteiger partial charge in [0.15, 0.2) is 4.34 Å². The molecule has 3 rings (SSSR count). The van der Waals surface area contributed by atoms with Gasteiger partial charge < -0.3 is 10.6 Å². The number of hydrogen-bond acceptors (Lipinski definition) is 6. The number of carbonyl (C=O) groups excluding carboxylic acids is 1. The molecule has 2 aromatic carbocycles. The van der Waals surface area contributed by atoms with Crippen LogP contribution in [0.15, 0.2) is 52.9 Å². The van der Waals surface area contributed by atoms with Crippen LogP contribution in [0.25, 0.3) is 0 Å². The number of hydrogen-bond donors (Lipinski definition) is 2. The van der Waals surface area contributed by atoms with Crippen LogP contribution in [0.3, 0.4) is 0 Å². The number of thioether (sulfide) groups is 1. The summed E-state index contributed by atoms with van der Waals surface area (Å²) in [7, 11) is 0. The molecule has 0 aliphatic carbocycles. The zero-order valence-corrected chi connectivity index (χ0v) is 16.3. The first-order valence-electron chi connectivity index (χ1n) is 7.76. The molecule has 1 heterocycles. The number of nitrogens with zero attached hydrogens (tertiary/aromatic N) is 2. The SMILES string of the molecule is O=C(CSc1nnc(Nc2ccccc2)s1)Nc1ccc(Cl)cc1C(F)(F)F. The number of carbonyl (C=O) groups is 1. The van der Waals surface area contributed by atoms with Gasteiger partial charge in [-0.05, 0) is 30.3 Å². The summed E-state index contributed by atoms with van der Waals surface area (Å²) in [4.78, 5) is 12.1. The van der Waals surface area contributed by atoms with Gasteiger partial charge in [0.1, 0.15) is 0 Å². The standard InChI is InChI=1S/C17H12ClF3N4OS2/c18-10-6-7-13(12(8-10)17(19,20)21)23-14(26)9-27-16-25-24-15(28-16)22-11-4-2-1-3-5-11/h1-8H,9H2,(H,22,24)(H,23,26). The lowest BCUT2D eigenvalue weighted by molar-refractivity contribution is -0.137. The highest BCUT2D eigenvalue weighted by Crippen LogP contribution is 2.36. The number of nitrogens with one attached hydrogen (secondary N) is 2. The molecule has 3 aromatic rings. The Morgan fingerprint density at radius 2 is 1.89 bits per heavy atom. The summed E-state index contributed by atoms with van der Waals surface area (Å²) < 4.78 is 39.7. The van der Waals surface area contributed by atoms with E-state index in [4.69, 9.17) is 11.6 Å². The van der Waals surface area contributed by atoms with Gasteiger partial charge in [0.05, 0.1) is 17.0 Å². The van der Waals surface area contributed by atoms with Crippen molar-refractivity contribution < 1.29 is 18.0 Å². The first kappa shape index (κ1) is 20.4. The van der Waals surface area contributed by atoms with E-state index >= 15 is 0 Å². The third kappa shape index (κ3) is 5.60. The first-order chi connectivity index (χ1) is 13.3. The molecule has 0 atom stereocenters. The summed E-state index contributed by atoms with van der Waals surface area (Å²) in [5.74, 6) is -0.703. The number of alkyl halides is 3. The predicted octanol–water partition coefficient (Wildman–Crippen LogP) is 5.68. The van der Waals surface area contributed by atoms with E-state index in [1.807, 2.05) is 30.3 Å². The van der Waals surface area contributed by atoms with Crippen LogP contribution in [0.4, 0.5) is 29.7 Å². The maximum Gasteiger partial charge on any atom is 0.418 e. The van der Waals surface area contributed by atoms with Gasteiger partial charge in [0.25, 0.3) is 0 Å². The number of benzene rings is 2. The fraction of sp³-hybridized carbons (Fsp3) is 0.118. The summed E-state index contributed by atoms with van der Waals surface area (Å²) in [5.41, 5.74) is -0.495. The lowest BCUT2D eigenvalue weighted by atomic mass is 10.1. The molecule has 0 aliphatic heterocycles. The highest BCUT2D eigenvalue weighted by Gasteiger charge is 2.34. The minimum absolute atomic E-state index is 0.0630. The Hall–Kier alpha value is -2.30. The van der Waals surface area contributed by atoms with Crippen molar-refractivity contribution in [1.29, 1.82) is 0 Å². The van der Waals surface area contributed by atoms with E-state index < -0.39 is 17.6 Å². The van der Waals surface area contributed by atoms with E-state index in [2.05, 4.69) is 20.8 Å². The molecule has 0 saturated carbocycles. The second-order valence-corrected chi connectivity index (χ2v) is 8.03. The van der Waals surface area contributed by atoms with Gasteiger partial charge in [-0.2, -0.15) is 13.2 Å². The molecule has 2 N–H and O–H groups in total. The van der Waals surface area contributed by atoms with Gasteiger partial charge in [0, 0.05) is 10.7 Å². The Kier molecular flexibility index (Phi) is 6.42. The Balaban J connectivity index is 1.58. The van der Waals surface area contributed by atoms with E-state index in [1.54, 1.807) is 0 Å². The van der Waals surface area contributed by atoms with Crippen molar-refractivity contribution in [3.8, 4) is 0 Å². The topological polar surface area (TPSA) is 66.9 Å². The molecule has 28 heavy (non-hydrogen) atoms. The molecular weight excluding hydrogens is 433 g/mol. The summed E-state index contributed by atoms with van der Waals surface area (Å²) in [5, 5.41) is 13.7. The molecule has 0 fully saturated rings. The summed E-state index contributed by atoms with van der Waals surface area (Å²) >= 11 is 7.94. The molecular formula is C17H12ClF3N4OS2. The Morgan fingerprint density at radius 3 is 2.61 bits per heavy atom. The molecule has 11 heteroatoms. The van der Waals surface area contributed by atoms with Gasteiger partial charge in [-0.15, -0.1) is 10.2 Å². The van der Waals surface area contributed by atoms with Gasteiger partial charge >= 0.3 is 6.18 Å². The number of amides is 1. The predicted molar refractivity (Wildman–Crippen MR) is 105 cm³/mol. The quantitative estimate of drug-likeness (QED) is 0.478. The van der Waals surface area contributed by atoms with E-state index in [-0.39, 0.29) is 16.5 Å². The van der Waals surface area contributed by atoms with Crippen LogP contribution in [-0.4, -0.2) is 21.9 Å². The number of aromatic nitrogens is 2.